The van der Waals surface area contributed by atoms with E-state index in [0.29, 0.717) is 0 Å². The third-order valence-corrected chi connectivity index (χ3v) is 2.47. The monoisotopic (exact) mass is 178 g/mol. The van der Waals surface area contributed by atoms with Crippen LogP contribution in [0.1, 0.15) is 11.1 Å². The van der Waals surface area contributed by atoms with Crippen LogP contribution in [0.15, 0.2) is 24.3 Å². The number of nitrogens with two attached hydrogens (primary N) is 1. The van der Waals surface area contributed by atoms with Crippen molar-refractivity contribution >= 4 is 5.96 Å². The number of benzene rings is 1. The molecule has 1 aliphatic rings. The van der Waals surface area contributed by atoms with Crippen molar-refractivity contribution < 1.29 is 0 Å². The maximum absolute atomic E-state index is 7.33. The molecule has 0 amide bonds. The van der Waals surface area contributed by atoms with E-state index in [9.17, 15) is 0 Å². The van der Waals surface area contributed by atoms with E-state index in [1.165, 1.54) is 11.1 Å². The molecule has 0 bridgehead atoms. The van der Waals surface area contributed by atoms with E-state index in [4.69, 9.17) is 11.1 Å². The average Bonchev–Trinajstić information content (AvgIpc) is 2.17. The van der Waals surface area contributed by atoms with Gasteiger partial charge in [0, 0.05) is 13.1 Å². The van der Waals surface area contributed by atoms with Crippen LogP contribution in [0, 0.1) is 5.41 Å². The Morgan fingerprint density at radius 1 is 1.31 bits per heavy atom. The number of nitrogens with one attached hydrogen (secondary N) is 1. The Morgan fingerprint density at radius 2 is 2.00 bits per heavy atom. The number of hydrogen-bond acceptors (Lipinski definition) is 1. The minimum Gasteiger partial charge on any atom is -0.370 e. The summed E-state index contributed by atoms with van der Waals surface area (Å²) in [5, 5.41) is 7.33. The second-order valence-corrected chi connectivity index (χ2v) is 3.33. The Kier molecular flexibility index (Phi) is 1.93. The zero-order chi connectivity index (χ0) is 9.26. The van der Waals surface area contributed by atoms with Crippen LogP contribution < -0.4 is 5.73 Å². The molecule has 68 valence electrons. The highest BCUT2D eigenvalue weighted by Gasteiger charge is 2.15. The highest BCUT2D eigenvalue weighted by molar-refractivity contribution is 5.74. The molecule has 13 heavy (non-hydrogen) atoms. The Labute approximate surface area is 77.7 Å². The molecule has 0 saturated heterocycles. The topological polar surface area (TPSA) is 53.1 Å². The molecule has 0 atom stereocenters. The maximum atomic E-state index is 7.33. The smallest absolute Gasteiger partial charge is 0.188 e. The van der Waals surface area contributed by atoms with Gasteiger partial charge in [0.25, 0.3) is 0 Å². The lowest BCUT2D eigenvalue weighted by molar-refractivity contribution is 0.387. The minimum atomic E-state index is 0.175. The lowest BCUT2D eigenvalue weighted by atomic mass is 10.0. The van der Waals surface area contributed by atoms with Gasteiger partial charge in [0.2, 0.25) is 0 Å². The number of fused-ring (bicyclic) bond motifs is 1. The fourth-order valence-electron chi connectivity index (χ4n) is 1.70. The first-order valence-corrected chi connectivity index (χ1v) is 4.43. The molecule has 3 heteroatoms. The summed E-state index contributed by atoms with van der Waals surface area (Å²) in [6.45, 7) is 1.65. The first kappa shape index (κ1) is 8.10. The molecule has 0 unspecified atom stereocenters. The fraction of sp³-hybridized carbons (Fsp3) is 0.300. The van der Waals surface area contributed by atoms with Crippen LogP contribution in [0.5, 0.6) is 0 Å². The highest BCUT2D eigenvalue weighted by atomic mass is 15.8. The van der Waals surface area contributed by atoms with Gasteiger partial charge in [-0.2, -0.15) is 0 Å². The Bertz CT molecular complexity index is 333. The van der Waals surface area contributed by atoms with Crippen LogP contribution in [0.2, 0.25) is 0 Å². The second-order valence-electron chi connectivity index (χ2n) is 3.33. The van der Waals surface area contributed by atoms with Crippen LogP contribution in [-0.4, -0.2) is 17.4 Å². The van der Waals surface area contributed by atoms with Crippen molar-refractivity contribution in [1.82, 2.24) is 4.90 Å². The Morgan fingerprint density at radius 3 is 2.69 bits per heavy atom. The Hall–Kier alpha value is -1.51. The molecule has 1 aromatic rings. The molecule has 2 rings (SSSR count). The number of rotatable bonds is 0. The van der Waals surface area contributed by atoms with Crippen LogP contribution in [0.25, 0.3) is 0 Å². The normalized spacial score (nSPS) is 15.2. The van der Waals surface area contributed by atoms with Crippen molar-refractivity contribution in [3.63, 3.8) is 0 Å². The van der Waals surface area contributed by atoms with Crippen molar-refractivity contribution in [2.24, 2.45) is 5.73 Å². The lowest BCUT2D eigenvalue weighted by Gasteiger charge is -2.28. The third-order valence-electron chi connectivity index (χ3n) is 2.47. The lowest BCUT2D eigenvalue weighted by Crippen LogP contribution is -2.39. The summed E-state index contributed by atoms with van der Waals surface area (Å²) in [5.41, 5.74) is 8.12. The van der Waals surface area contributed by atoms with Gasteiger partial charge in [-0.05, 0) is 17.5 Å². The summed E-state index contributed by atoms with van der Waals surface area (Å²) >= 11 is 0. The van der Waals surface area contributed by atoms with Crippen molar-refractivity contribution in [2.45, 2.75) is 13.0 Å². The van der Waals surface area contributed by atoms with Crippen molar-refractivity contribution in [3.05, 3.63) is 35.4 Å². The SMILES string of the molecule is [15NH]=[13C]([15NH2])N1CCc2ccccc2C1. The summed E-state index contributed by atoms with van der Waals surface area (Å²) in [6.07, 6.45) is 0.996. The predicted molar refractivity (Wildman–Crippen MR) is 52.5 cm³/mol. The third kappa shape index (κ3) is 1.49. The van der Waals surface area contributed by atoms with Crippen LogP contribution in [-0.2, 0) is 13.0 Å². The van der Waals surface area contributed by atoms with E-state index in [1.54, 1.807) is 0 Å². The molecular weight excluding hydrogens is 165 g/mol. The molecule has 0 fully saturated rings. The second kappa shape index (κ2) is 3.09. The Balaban J connectivity index is 2.24. The van der Waals surface area contributed by atoms with E-state index in [0.717, 1.165) is 19.5 Å². The first-order chi connectivity index (χ1) is 6.27. The van der Waals surface area contributed by atoms with Crippen LogP contribution in [0.3, 0.4) is 0 Å². The average molecular weight is 178 g/mol. The molecule has 0 saturated carbocycles. The first-order valence-electron chi connectivity index (χ1n) is 4.43. The van der Waals surface area contributed by atoms with Gasteiger partial charge in [-0.1, -0.05) is 24.3 Å². The van der Waals surface area contributed by atoms with Gasteiger partial charge in [0.05, 0.1) is 0 Å². The standard InChI is InChI=1S/C10H13N3/c11-10(12)13-6-5-8-3-1-2-4-9(8)7-13/h1-4H,5-7H2,(H3,11,12)/i10+1,11+1,12+1. The van der Waals surface area contributed by atoms with E-state index in [-0.39, 0.29) is 5.96 Å². The molecule has 3 nitrogen and oxygen atoms in total. The summed E-state index contributed by atoms with van der Waals surface area (Å²) in [7, 11) is 0. The zero-order valence-electron chi connectivity index (χ0n) is 7.46. The molecule has 0 radical (unpaired) electrons. The van der Waals surface area contributed by atoms with Gasteiger partial charge in [0.15, 0.2) is 5.96 Å². The van der Waals surface area contributed by atoms with E-state index < -0.39 is 0 Å². The van der Waals surface area contributed by atoms with E-state index in [1.807, 2.05) is 11.0 Å². The zero-order valence-corrected chi connectivity index (χ0v) is 7.46. The molecule has 1 aliphatic heterocycles. The van der Waals surface area contributed by atoms with Crippen LogP contribution in [0.4, 0.5) is 0 Å². The van der Waals surface area contributed by atoms with Gasteiger partial charge in [0.1, 0.15) is 0 Å². The van der Waals surface area contributed by atoms with Crippen molar-refractivity contribution in [3.8, 4) is 0 Å². The van der Waals surface area contributed by atoms with Crippen LogP contribution >= 0.6 is 0 Å². The largest absolute Gasteiger partial charge is 0.370 e. The fourth-order valence-corrected chi connectivity index (χ4v) is 1.70. The number of guanidine groups is 1. The molecule has 0 aliphatic carbocycles. The summed E-state index contributed by atoms with van der Waals surface area (Å²) in [6, 6.07) is 8.34. The summed E-state index contributed by atoms with van der Waals surface area (Å²) in [4.78, 5) is 1.89. The molecule has 1 aromatic carbocycles. The van der Waals surface area contributed by atoms with Gasteiger partial charge in [-0.3, -0.25) is 5.41 Å². The van der Waals surface area contributed by atoms with Gasteiger partial charge in [-0.15, -0.1) is 0 Å². The number of hydrogen-bond donors (Lipinski definition) is 2. The minimum absolute atomic E-state index is 0.175. The highest BCUT2D eigenvalue weighted by Crippen LogP contribution is 2.17. The molecule has 0 aromatic heterocycles. The predicted octanol–water partition coefficient (Wildman–Crippen LogP) is 0.938. The van der Waals surface area contributed by atoms with Gasteiger partial charge >= 0.3 is 0 Å². The van der Waals surface area contributed by atoms with Crippen molar-refractivity contribution in [1.29, 1.82) is 5.41 Å². The van der Waals surface area contributed by atoms with Gasteiger partial charge < -0.3 is 10.6 Å². The maximum Gasteiger partial charge on any atom is 0.188 e. The molecule has 1 heterocycles. The van der Waals surface area contributed by atoms with E-state index >= 15 is 0 Å². The molecule has 0 spiro atoms. The molecule has 3 N–H and O–H groups in total. The molecular formula is C10H13N3. The number of nitrogens with zero attached hydrogens (tertiary/aromatic N) is 1. The summed E-state index contributed by atoms with van der Waals surface area (Å²) in [5.74, 6) is 0.175. The quantitative estimate of drug-likeness (QED) is 0.269. The van der Waals surface area contributed by atoms with E-state index in [2.05, 4.69) is 18.2 Å². The van der Waals surface area contributed by atoms with Gasteiger partial charge in [-0.25, -0.2) is 0 Å². The summed E-state index contributed by atoms with van der Waals surface area (Å²) < 4.78 is 0. The van der Waals surface area contributed by atoms with Crippen molar-refractivity contribution in [2.75, 3.05) is 6.54 Å².